The molecule has 96 valence electrons. The first-order valence-corrected chi connectivity index (χ1v) is 6.73. The van der Waals surface area contributed by atoms with E-state index in [0.717, 1.165) is 0 Å². The zero-order chi connectivity index (χ0) is 13.1. The van der Waals surface area contributed by atoms with Gasteiger partial charge < -0.3 is 10.4 Å². The maximum absolute atomic E-state index is 13.2. The summed E-state index contributed by atoms with van der Waals surface area (Å²) >= 11 is 1.68. The predicted octanol–water partition coefficient (Wildman–Crippen LogP) is 4.00. The molecule has 0 radical (unpaired) electrons. The van der Waals surface area contributed by atoms with Crippen LogP contribution in [0.3, 0.4) is 0 Å². The van der Waals surface area contributed by atoms with Crippen molar-refractivity contribution in [2.24, 2.45) is 0 Å². The van der Waals surface area contributed by atoms with Gasteiger partial charge in [0.1, 0.15) is 11.6 Å². The lowest BCUT2D eigenvalue weighted by Gasteiger charge is -2.20. The fourth-order valence-corrected chi connectivity index (χ4v) is 2.70. The molecule has 2 N–H and O–H groups in total. The summed E-state index contributed by atoms with van der Waals surface area (Å²) < 4.78 is 13.2. The van der Waals surface area contributed by atoms with Gasteiger partial charge in [-0.2, -0.15) is 0 Å². The lowest BCUT2D eigenvalue weighted by molar-refractivity contribution is 0.436. The van der Waals surface area contributed by atoms with Crippen LogP contribution in [0.2, 0.25) is 0 Å². The summed E-state index contributed by atoms with van der Waals surface area (Å²) in [5.74, 6) is -0.213. The van der Waals surface area contributed by atoms with Gasteiger partial charge in [0.15, 0.2) is 0 Å². The number of hydrogen-bond donors (Lipinski definition) is 2. The SMILES string of the molecule is CC(NC(C)c1cc(F)ccc1O)c1cccs1. The average molecular weight is 265 g/mol. The highest BCUT2D eigenvalue weighted by Gasteiger charge is 2.15. The molecule has 0 aliphatic carbocycles. The van der Waals surface area contributed by atoms with Crippen LogP contribution in [0, 0.1) is 5.82 Å². The molecule has 2 aromatic rings. The first-order chi connectivity index (χ1) is 8.58. The first-order valence-electron chi connectivity index (χ1n) is 5.86. The van der Waals surface area contributed by atoms with Crippen LogP contribution in [-0.2, 0) is 0 Å². The van der Waals surface area contributed by atoms with Crippen molar-refractivity contribution < 1.29 is 9.50 Å². The van der Waals surface area contributed by atoms with Crippen molar-refractivity contribution in [1.82, 2.24) is 5.32 Å². The monoisotopic (exact) mass is 265 g/mol. The Bertz CT molecular complexity index is 513. The van der Waals surface area contributed by atoms with Gasteiger partial charge in [0.25, 0.3) is 0 Å². The fraction of sp³-hybridized carbons (Fsp3) is 0.286. The summed E-state index contributed by atoms with van der Waals surface area (Å²) in [6, 6.07) is 8.13. The Labute approximate surface area is 110 Å². The molecule has 18 heavy (non-hydrogen) atoms. The molecule has 0 bridgehead atoms. The summed E-state index contributed by atoms with van der Waals surface area (Å²) in [7, 11) is 0. The van der Waals surface area contributed by atoms with Crippen LogP contribution in [0.4, 0.5) is 4.39 Å². The number of phenolic OH excluding ortho intramolecular Hbond substituents is 1. The normalized spacial score (nSPS) is 14.4. The number of aromatic hydroxyl groups is 1. The molecule has 4 heteroatoms. The van der Waals surface area contributed by atoms with Crippen molar-refractivity contribution in [3.05, 3.63) is 52.0 Å². The molecule has 0 saturated carbocycles. The van der Waals surface area contributed by atoms with Crippen LogP contribution in [0.5, 0.6) is 5.75 Å². The number of benzene rings is 1. The minimum atomic E-state index is -0.333. The zero-order valence-electron chi connectivity index (χ0n) is 10.4. The number of halogens is 1. The van der Waals surface area contributed by atoms with Crippen LogP contribution in [0.25, 0.3) is 0 Å². The molecule has 1 aromatic carbocycles. The summed E-state index contributed by atoms with van der Waals surface area (Å²) in [4.78, 5) is 1.22. The second kappa shape index (κ2) is 5.50. The van der Waals surface area contributed by atoms with Crippen molar-refractivity contribution >= 4 is 11.3 Å². The van der Waals surface area contributed by atoms with E-state index in [1.807, 2.05) is 18.4 Å². The van der Waals surface area contributed by atoms with Crippen molar-refractivity contribution in [3.63, 3.8) is 0 Å². The molecule has 0 aliphatic rings. The van der Waals surface area contributed by atoms with E-state index in [1.165, 1.54) is 23.1 Å². The van der Waals surface area contributed by atoms with Crippen molar-refractivity contribution in [2.45, 2.75) is 25.9 Å². The average Bonchev–Trinajstić information content (AvgIpc) is 2.85. The van der Waals surface area contributed by atoms with E-state index in [0.29, 0.717) is 5.56 Å². The van der Waals surface area contributed by atoms with E-state index in [4.69, 9.17) is 0 Å². The van der Waals surface area contributed by atoms with Gasteiger partial charge >= 0.3 is 0 Å². The molecule has 0 fully saturated rings. The molecule has 2 atom stereocenters. The topological polar surface area (TPSA) is 32.3 Å². The highest BCUT2D eigenvalue weighted by Crippen LogP contribution is 2.28. The molecular formula is C14H16FNOS. The largest absolute Gasteiger partial charge is 0.508 e. The van der Waals surface area contributed by atoms with E-state index in [2.05, 4.69) is 18.3 Å². The Morgan fingerprint density at radius 3 is 2.67 bits per heavy atom. The zero-order valence-corrected chi connectivity index (χ0v) is 11.2. The van der Waals surface area contributed by atoms with Gasteiger partial charge in [0.05, 0.1) is 0 Å². The molecule has 0 saturated heterocycles. The van der Waals surface area contributed by atoms with Gasteiger partial charge in [-0.15, -0.1) is 11.3 Å². The van der Waals surface area contributed by atoms with Gasteiger partial charge in [-0.3, -0.25) is 0 Å². The van der Waals surface area contributed by atoms with E-state index < -0.39 is 0 Å². The van der Waals surface area contributed by atoms with E-state index >= 15 is 0 Å². The standard InChI is InChI=1S/C14H16FNOS/c1-9(12-8-11(15)5-6-13(12)17)16-10(2)14-4-3-7-18-14/h3-10,16-17H,1-2H3. The number of hydrogen-bond acceptors (Lipinski definition) is 3. The number of phenols is 1. The van der Waals surface area contributed by atoms with E-state index in [9.17, 15) is 9.50 Å². The minimum Gasteiger partial charge on any atom is -0.508 e. The smallest absolute Gasteiger partial charge is 0.123 e. The van der Waals surface area contributed by atoms with Gasteiger partial charge in [-0.25, -0.2) is 4.39 Å². The Kier molecular flexibility index (Phi) is 3.99. The number of rotatable bonds is 4. The van der Waals surface area contributed by atoms with E-state index in [1.54, 1.807) is 11.3 Å². The summed E-state index contributed by atoms with van der Waals surface area (Å²) in [5.41, 5.74) is 0.582. The molecule has 2 unspecified atom stereocenters. The third kappa shape index (κ3) is 2.89. The first kappa shape index (κ1) is 13.1. The van der Waals surface area contributed by atoms with Gasteiger partial charge in [0, 0.05) is 22.5 Å². The van der Waals surface area contributed by atoms with Gasteiger partial charge in [-0.1, -0.05) is 6.07 Å². The molecule has 1 aromatic heterocycles. The highest BCUT2D eigenvalue weighted by molar-refractivity contribution is 7.10. The predicted molar refractivity (Wildman–Crippen MR) is 72.3 cm³/mol. The summed E-state index contributed by atoms with van der Waals surface area (Å²) in [5, 5.41) is 15.1. The maximum atomic E-state index is 13.2. The van der Waals surface area contributed by atoms with Crippen molar-refractivity contribution in [1.29, 1.82) is 0 Å². The lowest BCUT2D eigenvalue weighted by atomic mass is 10.1. The molecule has 0 amide bonds. The molecule has 2 rings (SSSR count). The van der Waals surface area contributed by atoms with Gasteiger partial charge in [-0.05, 0) is 43.5 Å². The third-order valence-electron chi connectivity index (χ3n) is 2.93. The second-order valence-electron chi connectivity index (χ2n) is 4.33. The third-order valence-corrected chi connectivity index (χ3v) is 3.98. The second-order valence-corrected chi connectivity index (χ2v) is 5.31. The summed E-state index contributed by atoms with van der Waals surface area (Å²) in [6.07, 6.45) is 0. The van der Waals surface area contributed by atoms with Crippen molar-refractivity contribution in [3.8, 4) is 5.75 Å². The minimum absolute atomic E-state index is 0.113. The highest BCUT2D eigenvalue weighted by atomic mass is 32.1. The van der Waals surface area contributed by atoms with Gasteiger partial charge in [0.2, 0.25) is 0 Å². The quantitative estimate of drug-likeness (QED) is 0.875. The van der Waals surface area contributed by atoms with Crippen LogP contribution in [-0.4, -0.2) is 5.11 Å². The van der Waals surface area contributed by atoms with Crippen LogP contribution in [0.1, 0.15) is 36.4 Å². The molecule has 1 heterocycles. The Hall–Kier alpha value is -1.39. The lowest BCUT2D eigenvalue weighted by Crippen LogP contribution is -2.22. The fourth-order valence-electron chi connectivity index (χ4n) is 1.96. The molecule has 2 nitrogen and oxygen atoms in total. The van der Waals surface area contributed by atoms with Crippen LogP contribution in [0.15, 0.2) is 35.7 Å². The molecule has 0 aliphatic heterocycles. The molecule has 0 spiro atoms. The van der Waals surface area contributed by atoms with Crippen LogP contribution >= 0.6 is 11.3 Å². The Morgan fingerprint density at radius 2 is 2.00 bits per heavy atom. The van der Waals surface area contributed by atoms with Crippen molar-refractivity contribution in [2.75, 3.05) is 0 Å². The Balaban J connectivity index is 2.12. The molecular weight excluding hydrogens is 249 g/mol. The number of nitrogens with one attached hydrogen (secondary N) is 1. The Morgan fingerprint density at radius 1 is 1.22 bits per heavy atom. The maximum Gasteiger partial charge on any atom is 0.123 e. The van der Waals surface area contributed by atoms with Crippen LogP contribution < -0.4 is 5.32 Å². The van der Waals surface area contributed by atoms with E-state index in [-0.39, 0.29) is 23.7 Å². The summed E-state index contributed by atoms with van der Waals surface area (Å²) in [6.45, 7) is 3.97. The number of thiophene rings is 1.